The third kappa shape index (κ3) is 6.75. The molecule has 1 aliphatic rings. The van der Waals surface area contributed by atoms with Crippen LogP contribution in [-0.2, 0) is 9.59 Å². The van der Waals surface area contributed by atoms with Crippen molar-refractivity contribution in [1.29, 1.82) is 0 Å². The molecule has 1 atom stereocenters. The smallest absolute Gasteiger partial charge is 0.238 e. The Hall–Kier alpha value is -3.07. The van der Waals surface area contributed by atoms with E-state index in [0.717, 1.165) is 40.3 Å². The number of hydrogen-bond acceptors (Lipinski definition) is 5. The summed E-state index contributed by atoms with van der Waals surface area (Å²) in [5, 5.41) is 8.09. The number of carbonyl (C=O) groups is 2. The van der Waals surface area contributed by atoms with E-state index in [1.54, 1.807) is 23.5 Å². The number of anilines is 1. The van der Waals surface area contributed by atoms with E-state index in [9.17, 15) is 14.0 Å². The van der Waals surface area contributed by atoms with Gasteiger partial charge in [0.15, 0.2) is 0 Å². The number of aryl methyl sites for hydroxylation is 1. The van der Waals surface area contributed by atoms with Gasteiger partial charge in [-0.15, -0.1) is 11.3 Å². The number of benzene rings is 2. The van der Waals surface area contributed by atoms with Gasteiger partial charge in [-0.3, -0.25) is 19.4 Å². The Labute approximate surface area is 209 Å². The van der Waals surface area contributed by atoms with E-state index >= 15 is 0 Å². The zero-order valence-corrected chi connectivity index (χ0v) is 20.9. The molecule has 3 aromatic rings. The standard InChI is InChI=1S/C27H31FN4O2S/c1-19-5-3-6-23(20(19)2)29-25(33)17-31-12-14-32(15-13-31)18-26(34)30-27(24-7-4-16-35-24)21-8-10-22(28)11-9-21/h3-11,16,27H,12-15,17-18H2,1-2H3,(H,29,33)(H,30,34)/t27-/m1/s1. The third-order valence-corrected chi connectivity index (χ3v) is 7.35. The third-order valence-electron chi connectivity index (χ3n) is 6.41. The van der Waals surface area contributed by atoms with Crippen LogP contribution in [0.15, 0.2) is 60.0 Å². The van der Waals surface area contributed by atoms with Gasteiger partial charge in [-0.05, 0) is 60.2 Å². The summed E-state index contributed by atoms with van der Waals surface area (Å²) < 4.78 is 13.4. The minimum absolute atomic E-state index is 0.0250. The van der Waals surface area contributed by atoms with Gasteiger partial charge in [0, 0.05) is 36.7 Å². The molecule has 1 aliphatic heterocycles. The lowest BCUT2D eigenvalue weighted by molar-refractivity contribution is -0.124. The van der Waals surface area contributed by atoms with Gasteiger partial charge in [0.05, 0.1) is 19.1 Å². The lowest BCUT2D eigenvalue weighted by Gasteiger charge is -2.34. The molecule has 1 saturated heterocycles. The maximum Gasteiger partial charge on any atom is 0.238 e. The first-order valence-electron chi connectivity index (χ1n) is 11.8. The number of thiophene rings is 1. The number of rotatable bonds is 8. The van der Waals surface area contributed by atoms with E-state index in [-0.39, 0.29) is 30.2 Å². The Bertz CT molecular complexity index is 1140. The highest BCUT2D eigenvalue weighted by molar-refractivity contribution is 7.10. The Kier molecular flexibility index (Phi) is 8.28. The average Bonchev–Trinajstić information content (AvgIpc) is 3.37. The first kappa shape index (κ1) is 25.0. The Morgan fingerprint density at radius 2 is 1.57 bits per heavy atom. The van der Waals surface area contributed by atoms with E-state index in [4.69, 9.17) is 0 Å². The molecule has 2 heterocycles. The van der Waals surface area contributed by atoms with Gasteiger partial charge >= 0.3 is 0 Å². The Morgan fingerprint density at radius 1 is 0.914 bits per heavy atom. The van der Waals surface area contributed by atoms with Gasteiger partial charge in [0.25, 0.3) is 0 Å². The summed E-state index contributed by atoms with van der Waals surface area (Å²) in [6.45, 7) is 7.52. The number of hydrogen-bond donors (Lipinski definition) is 2. The second kappa shape index (κ2) is 11.6. The molecule has 2 amide bonds. The highest BCUT2D eigenvalue weighted by atomic mass is 32.1. The van der Waals surface area contributed by atoms with E-state index in [1.807, 2.05) is 49.6 Å². The fraction of sp³-hybridized carbons (Fsp3) is 0.333. The number of amides is 2. The molecule has 184 valence electrons. The summed E-state index contributed by atoms with van der Waals surface area (Å²) in [5.41, 5.74) is 3.93. The number of piperazine rings is 1. The van der Waals surface area contributed by atoms with Gasteiger partial charge in [-0.2, -0.15) is 0 Å². The molecule has 2 aromatic carbocycles. The average molecular weight is 495 g/mol. The maximum absolute atomic E-state index is 13.4. The van der Waals surface area contributed by atoms with Gasteiger partial charge < -0.3 is 10.6 Å². The summed E-state index contributed by atoms with van der Waals surface area (Å²) in [7, 11) is 0. The second-order valence-electron chi connectivity index (χ2n) is 8.92. The van der Waals surface area contributed by atoms with Crippen molar-refractivity contribution in [1.82, 2.24) is 15.1 Å². The molecule has 4 rings (SSSR count). The van der Waals surface area contributed by atoms with Crippen LogP contribution in [0, 0.1) is 19.7 Å². The summed E-state index contributed by atoms with van der Waals surface area (Å²) in [6.07, 6.45) is 0. The molecule has 0 aliphatic carbocycles. The van der Waals surface area contributed by atoms with Crippen LogP contribution >= 0.6 is 11.3 Å². The highest BCUT2D eigenvalue weighted by Crippen LogP contribution is 2.26. The fourth-order valence-electron chi connectivity index (χ4n) is 4.22. The van der Waals surface area contributed by atoms with Crippen molar-refractivity contribution < 1.29 is 14.0 Å². The van der Waals surface area contributed by atoms with Gasteiger partial charge in [0.2, 0.25) is 11.8 Å². The van der Waals surface area contributed by atoms with Crippen molar-refractivity contribution in [3.63, 3.8) is 0 Å². The van der Waals surface area contributed by atoms with Crippen molar-refractivity contribution >= 4 is 28.8 Å². The first-order valence-corrected chi connectivity index (χ1v) is 12.7. The van der Waals surface area contributed by atoms with Gasteiger partial charge in [-0.25, -0.2) is 4.39 Å². The van der Waals surface area contributed by atoms with Gasteiger partial charge in [-0.1, -0.05) is 30.3 Å². The maximum atomic E-state index is 13.4. The lowest BCUT2D eigenvalue weighted by Crippen LogP contribution is -2.51. The molecule has 35 heavy (non-hydrogen) atoms. The largest absolute Gasteiger partial charge is 0.343 e. The first-order chi connectivity index (χ1) is 16.9. The minimum Gasteiger partial charge on any atom is -0.343 e. The van der Waals surface area contributed by atoms with Gasteiger partial charge in [0.1, 0.15) is 5.82 Å². The molecule has 0 unspecified atom stereocenters. The van der Waals surface area contributed by atoms with Crippen LogP contribution in [0.5, 0.6) is 0 Å². The minimum atomic E-state index is -0.307. The summed E-state index contributed by atoms with van der Waals surface area (Å²) in [4.78, 5) is 30.6. The summed E-state index contributed by atoms with van der Waals surface area (Å²) >= 11 is 1.56. The second-order valence-corrected chi connectivity index (χ2v) is 9.89. The van der Waals surface area contributed by atoms with E-state index in [0.29, 0.717) is 19.6 Å². The highest BCUT2D eigenvalue weighted by Gasteiger charge is 2.23. The molecular weight excluding hydrogens is 463 g/mol. The summed E-state index contributed by atoms with van der Waals surface area (Å²) in [6, 6.07) is 15.8. The quantitative estimate of drug-likeness (QED) is 0.498. The normalized spacial score (nSPS) is 15.5. The van der Waals surface area contributed by atoms with Crippen LogP contribution in [0.2, 0.25) is 0 Å². The molecule has 1 aromatic heterocycles. The van der Waals surface area contributed by atoms with Crippen LogP contribution in [-0.4, -0.2) is 60.9 Å². The molecular formula is C27H31FN4O2S. The number of nitrogens with zero attached hydrogens (tertiary/aromatic N) is 2. The van der Waals surface area contributed by atoms with Crippen molar-refractivity contribution in [3.8, 4) is 0 Å². The van der Waals surface area contributed by atoms with Crippen molar-refractivity contribution in [2.45, 2.75) is 19.9 Å². The predicted molar refractivity (Wildman–Crippen MR) is 138 cm³/mol. The number of carbonyl (C=O) groups excluding carboxylic acids is 2. The molecule has 0 spiro atoms. The monoisotopic (exact) mass is 494 g/mol. The Morgan fingerprint density at radius 3 is 2.20 bits per heavy atom. The molecule has 8 heteroatoms. The lowest BCUT2D eigenvalue weighted by atomic mass is 10.1. The fourth-order valence-corrected chi connectivity index (χ4v) is 5.03. The molecule has 0 radical (unpaired) electrons. The molecule has 2 N–H and O–H groups in total. The molecule has 0 bridgehead atoms. The molecule has 1 fully saturated rings. The number of halogens is 1. The predicted octanol–water partition coefficient (Wildman–Crippen LogP) is 3.97. The van der Waals surface area contributed by atoms with E-state index in [2.05, 4.69) is 20.4 Å². The van der Waals surface area contributed by atoms with E-state index < -0.39 is 0 Å². The SMILES string of the molecule is Cc1cccc(NC(=O)CN2CCN(CC(=O)N[C@H](c3ccc(F)cc3)c3cccs3)CC2)c1C. The van der Waals surface area contributed by atoms with Crippen molar-refractivity contribution in [2.75, 3.05) is 44.6 Å². The Balaban J connectivity index is 1.26. The topological polar surface area (TPSA) is 64.7 Å². The van der Waals surface area contributed by atoms with Crippen molar-refractivity contribution in [3.05, 3.63) is 87.4 Å². The van der Waals surface area contributed by atoms with Crippen LogP contribution < -0.4 is 10.6 Å². The number of nitrogens with one attached hydrogen (secondary N) is 2. The van der Waals surface area contributed by atoms with Crippen LogP contribution in [0.3, 0.4) is 0 Å². The van der Waals surface area contributed by atoms with Crippen LogP contribution in [0.4, 0.5) is 10.1 Å². The van der Waals surface area contributed by atoms with Crippen molar-refractivity contribution in [2.24, 2.45) is 0 Å². The van der Waals surface area contributed by atoms with E-state index in [1.165, 1.54) is 12.1 Å². The van der Waals surface area contributed by atoms with Crippen LogP contribution in [0.25, 0.3) is 0 Å². The molecule has 6 nitrogen and oxygen atoms in total. The molecule has 0 saturated carbocycles. The zero-order valence-electron chi connectivity index (χ0n) is 20.1. The van der Waals surface area contributed by atoms with Crippen LogP contribution in [0.1, 0.15) is 27.6 Å². The zero-order chi connectivity index (χ0) is 24.8. The summed E-state index contributed by atoms with van der Waals surface area (Å²) in [5.74, 6) is -0.401.